The van der Waals surface area contributed by atoms with E-state index in [0.29, 0.717) is 12.0 Å². The highest BCUT2D eigenvalue weighted by Gasteiger charge is 2.26. The number of carbonyl (C=O) groups is 1. The van der Waals surface area contributed by atoms with E-state index < -0.39 is 5.82 Å². The summed E-state index contributed by atoms with van der Waals surface area (Å²) in [6, 6.07) is 15.6. The van der Waals surface area contributed by atoms with Crippen LogP contribution in [0.1, 0.15) is 44.1 Å². The lowest BCUT2D eigenvalue weighted by Gasteiger charge is -2.34. The maximum absolute atomic E-state index is 14.8. The molecular formula is C30H34FN7O. The Balaban J connectivity index is 1.11. The number of aromatic amines is 1. The summed E-state index contributed by atoms with van der Waals surface area (Å²) in [6.45, 7) is 4.88. The third-order valence-electron chi connectivity index (χ3n) is 7.98. The van der Waals surface area contributed by atoms with E-state index in [2.05, 4.69) is 54.4 Å². The van der Waals surface area contributed by atoms with Crippen molar-refractivity contribution in [3.8, 4) is 0 Å². The van der Waals surface area contributed by atoms with E-state index in [1.165, 1.54) is 11.6 Å². The van der Waals surface area contributed by atoms with Gasteiger partial charge in [-0.15, -0.1) is 0 Å². The molecule has 2 fully saturated rings. The molecule has 202 valence electrons. The number of para-hydroxylation sites is 1. The second kappa shape index (κ2) is 10.9. The summed E-state index contributed by atoms with van der Waals surface area (Å²) in [6.07, 6.45) is 7.81. The second-order valence-corrected chi connectivity index (χ2v) is 10.6. The number of benzene rings is 2. The highest BCUT2D eigenvalue weighted by Crippen LogP contribution is 2.35. The van der Waals surface area contributed by atoms with Gasteiger partial charge >= 0.3 is 0 Å². The topological polar surface area (TPSA) is 89.2 Å². The lowest BCUT2D eigenvalue weighted by Crippen LogP contribution is -2.35. The lowest BCUT2D eigenvalue weighted by atomic mass is 9.90. The van der Waals surface area contributed by atoms with Crippen molar-refractivity contribution in [2.45, 2.75) is 44.6 Å². The quantitative estimate of drug-likeness (QED) is 0.293. The molecule has 9 heteroatoms. The first-order valence-electron chi connectivity index (χ1n) is 13.8. The Hall–Kier alpha value is -4.14. The molecule has 39 heavy (non-hydrogen) atoms. The van der Waals surface area contributed by atoms with Crippen molar-refractivity contribution >= 4 is 39.8 Å². The van der Waals surface area contributed by atoms with Gasteiger partial charge in [0, 0.05) is 43.5 Å². The van der Waals surface area contributed by atoms with Gasteiger partial charge in [0.2, 0.25) is 5.91 Å². The van der Waals surface area contributed by atoms with Crippen molar-refractivity contribution in [2.75, 3.05) is 46.6 Å². The van der Waals surface area contributed by atoms with Crippen molar-refractivity contribution < 1.29 is 9.18 Å². The Kier molecular flexibility index (Phi) is 7.04. The van der Waals surface area contributed by atoms with Gasteiger partial charge in [-0.1, -0.05) is 18.2 Å². The van der Waals surface area contributed by atoms with Crippen molar-refractivity contribution in [3.63, 3.8) is 0 Å². The highest BCUT2D eigenvalue weighted by molar-refractivity contribution is 5.97. The number of piperidine rings is 1. The maximum Gasteiger partial charge on any atom is 0.243 e. The largest absolute Gasteiger partial charge is 0.376 e. The number of nitrogens with one attached hydrogen (secondary N) is 3. The molecule has 2 aromatic carbocycles. The molecule has 0 bridgehead atoms. The number of hydrogen-bond donors (Lipinski definition) is 3. The van der Waals surface area contributed by atoms with Gasteiger partial charge < -0.3 is 25.4 Å². The van der Waals surface area contributed by atoms with Crippen LogP contribution in [0.2, 0.25) is 0 Å². The number of halogens is 1. The van der Waals surface area contributed by atoms with Gasteiger partial charge in [0.1, 0.15) is 29.3 Å². The molecule has 0 aliphatic carbocycles. The fourth-order valence-corrected chi connectivity index (χ4v) is 5.99. The number of aromatic nitrogens is 3. The zero-order valence-corrected chi connectivity index (χ0v) is 22.2. The summed E-state index contributed by atoms with van der Waals surface area (Å²) in [7, 11) is 0. The number of anilines is 4. The normalized spacial score (nSPS) is 19.4. The Bertz CT molecular complexity index is 1470. The van der Waals surface area contributed by atoms with Gasteiger partial charge in [0.25, 0.3) is 0 Å². The molecule has 2 aromatic heterocycles. The van der Waals surface area contributed by atoms with Crippen LogP contribution in [0.4, 0.5) is 27.3 Å². The molecule has 0 saturated carbocycles. The van der Waals surface area contributed by atoms with E-state index in [-0.39, 0.29) is 18.1 Å². The Labute approximate surface area is 227 Å². The highest BCUT2D eigenvalue weighted by atomic mass is 19.1. The van der Waals surface area contributed by atoms with Crippen LogP contribution in [-0.4, -0.2) is 53.1 Å². The average molecular weight is 528 g/mol. The van der Waals surface area contributed by atoms with Gasteiger partial charge in [-0.05, 0) is 68.5 Å². The van der Waals surface area contributed by atoms with E-state index >= 15 is 0 Å². The van der Waals surface area contributed by atoms with Gasteiger partial charge in [0.15, 0.2) is 0 Å². The average Bonchev–Trinajstić information content (AvgIpc) is 3.62. The number of rotatable bonds is 7. The minimum atomic E-state index is -0.413. The first kappa shape index (κ1) is 25.2. The van der Waals surface area contributed by atoms with E-state index in [1.807, 2.05) is 30.5 Å². The van der Waals surface area contributed by atoms with Crippen LogP contribution >= 0.6 is 0 Å². The van der Waals surface area contributed by atoms with E-state index in [4.69, 9.17) is 0 Å². The van der Waals surface area contributed by atoms with E-state index in [0.717, 1.165) is 73.5 Å². The lowest BCUT2D eigenvalue weighted by molar-refractivity contribution is -0.114. The monoisotopic (exact) mass is 527 g/mol. The number of H-pyrrole nitrogens is 1. The van der Waals surface area contributed by atoms with Crippen molar-refractivity contribution in [3.05, 3.63) is 72.4 Å². The molecule has 2 aliphatic heterocycles. The molecule has 2 atom stereocenters. The molecule has 8 nitrogen and oxygen atoms in total. The van der Waals surface area contributed by atoms with Crippen molar-refractivity contribution in [1.29, 1.82) is 0 Å². The molecule has 4 aromatic rings. The van der Waals surface area contributed by atoms with Crippen LogP contribution in [-0.2, 0) is 4.79 Å². The molecule has 4 heterocycles. The fraction of sp³-hybridized carbons (Fsp3) is 0.367. The number of nitrogens with zero attached hydrogens (tertiary/aromatic N) is 4. The maximum atomic E-state index is 14.8. The first-order valence-corrected chi connectivity index (χ1v) is 13.8. The molecule has 6 rings (SSSR count). The number of hydrogen-bond acceptors (Lipinski definition) is 6. The molecule has 3 N–H and O–H groups in total. The standard InChI is InChI=1S/C30H34FN7O/c1-20-6-4-15-38(20)26-11-3-10-25(31)28(26)36-27(39)17-33-23-9-2-7-21(16-23)22-8-5-14-37(18-22)30-24-12-13-32-29(24)34-19-35-30/h2-3,7,9-13,16,19-20,22,33H,4-6,8,14-15,17-18H2,1H3,(H,36,39)(H,32,34,35)/t20-,22?/m1/s1. The smallest absolute Gasteiger partial charge is 0.243 e. The molecule has 1 unspecified atom stereocenters. The zero-order chi connectivity index (χ0) is 26.8. The molecule has 0 radical (unpaired) electrons. The van der Waals surface area contributed by atoms with Crippen LogP contribution in [0.15, 0.2) is 61.1 Å². The number of fused-ring (bicyclic) bond motifs is 1. The Morgan fingerprint density at radius 2 is 1.97 bits per heavy atom. The molecule has 2 aliphatic rings. The van der Waals surface area contributed by atoms with Crippen molar-refractivity contribution in [2.24, 2.45) is 0 Å². The van der Waals surface area contributed by atoms with Crippen molar-refractivity contribution in [1.82, 2.24) is 15.0 Å². The summed E-state index contributed by atoms with van der Waals surface area (Å²) < 4.78 is 14.8. The van der Waals surface area contributed by atoms with Crippen LogP contribution in [0, 0.1) is 5.82 Å². The number of amides is 1. The van der Waals surface area contributed by atoms with Crippen LogP contribution in [0.25, 0.3) is 11.0 Å². The van der Waals surface area contributed by atoms with E-state index in [9.17, 15) is 9.18 Å². The van der Waals surface area contributed by atoms with Gasteiger partial charge in [-0.25, -0.2) is 14.4 Å². The summed E-state index contributed by atoms with van der Waals surface area (Å²) in [5.41, 5.74) is 3.96. The molecular weight excluding hydrogens is 493 g/mol. The SMILES string of the molecule is C[C@@H]1CCCN1c1cccc(F)c1NC(=O)CNc1cccc(C2CCCN(c3ncnc4[nH]ccc34)C2)c1. The zero-order valence-electron chi connectivity index (χ0n) is 22.2. The Morgan fingerprint density at radius 3 is 2.85 bits per heavy atom. The fourth-order valence-electron chi connectivity index (χ4n) is 5.99. The summed E-state index contributed by atoms with van der Waals surface area (Å²) in [4.78, 5) is 29.5. The Morgan fingerprint density at radius 1 is 1.10 bits per heavy atom. The predicted octanol–water partition coefficient (Wildman–Crippen LogP) is 5.52. The number of carbonyl (C=O) groups excluding carboxylic acids is 1. The minimum Gasteiger partial charge on any atom is -0.376 e. The van der Waals surface area contributed by atoms with Gasteiger partial charge in [-0.3, -0.25) is 4.79 Å². The molecule has 1 amide bonds. The third-order valence-corrected chi connectivity index (χ3v) is 7.98. The third kappa shape index (κ3) is 5.26. The molecule has 0 spiro atoms. The minimum absolute atomic E-state index is 0.0516. The first-order chi connectivity index (χ1) is 19.1. The second-order valence-electron chi connectivity index (χ2n) is 10.6. The van der Waals surface area contributed by atoms with Gasteiger partial charge in [0.05, 0.1) is 17.6 Å². The van der Waals surface area contributed by atoms with Gasteiger partial charge in [-0.2, -0.15) is 0 Å². The molecule has 2 saturated heterocycles. The predicted molar refractivity (Wildman–Crippen MR) is 154 cm³/mol. The summed E-state index contributed by atoms with van der Waals surface area (Å²) in [5, 5.41) is 7.10. The summed E-state index contributed by atoms with van der Waals surface area (Å²) in [5.74, 6) is 0.626. The van der Waals surface area contributed by atoms with Crippen LogP contribution in [0.5, 0.6) is 0 Å². The van der Waals surface area contributed by atoms with Crippen LogP contribution < -0.4 is 20.4 Å². The van der Waals surface area contributed by atoms with E-state index in [1.54, 1.807) is 12.4 Å². The summed E-state index contributed by atoms with van der Waals surface area (Å²) >= 11 is 0. The van der Waals surface area contributed by atoms with Crippen LogP contribution in [0.3, 0.4) is 0 Å².